The molecule has 2 aromatic rings. The van der Waals surface area contributed by atoms with Crippen molar-refractivity contribution in [1.82, 2.24) is 4.90 Å². The molecule has 2 unspecified atom stereocenters. The fraction of sp³-hybridized carbons (Fsp3) is 0.333. The summed E-state index contributed by atoms with van der Waals surface area (Å²) >= 11 is 0. The number of carbonyl (C=O) groups excluding carboxylic acids is 3. The number of nitrogens with one attached hydrogen (secondary N) is 2. The zero-order chi connectivity index (χ0) is 25.1. The maximum absolute atomic E-state index is 14.3. The highest BCUT2D eigenvalue weighted by molar-refractivity contribution is 6.04. The summed E-state index contributed by atoms with van der Waals surface area (Å²) in [5.74, 6) is -2.55. The molecule has 184 valence electrons. The summed E-state index contributed by atoms with van der Waals surface area (Å²) < 4.78 is 19.7. The molecule has 10 nitrogen and oxygen atoms in total. The summed E-state index contributed by atoms with van der Waals surface area (Å²) in [5, 5.41) is 20.4. The van der Waals surface area contributed by atoms with Gasteiger partial charge in [0.15, 0.2) is 12.2 Å². The summed E-state index contributed by atoms with van der Waals surface area (Å²) in [6.07, 6.45) is -2.17. The monoisotopic (exact) mass is 483 g/mol. The van der Waals surface area contributed by atoms with Crippen molar-refractivity contribution < 1.29 is 28.6 Å². The lowest BCUT2D eigenvalue weighted by molar-refractivity contribution is -0.150. The number of amidine groups is 1. The first-order valence-corrected chi connectivity index (χ1v) is 11.2. The van der Waals surface area contributed by atoms with Gasteiger partial charge in [0, 0.05) is 43.0 Å². The van der Waals surface area contributed by atoms with Crippen LogP contribution in [-0.2, 0) is 20.7 Å². The average Bonchev–Trinajstić information content (AvgIpc) is 2.78. The van der Waals surface area contributed by atoms with E-state index >= 15 is 0 Å². The molecule has 11 heteroatoms. The molecule has 0 aromatic heterocycles. The smallest absolute Gasteiger partial charge is 0.259 e. The quantitative estimate of drug-likeness (QED) is 0.339. The maximum Gasteiger partial charge on any atom is 0.259 e. The molecule has 4 rings (SSSR count). The molecule has 0 aliphatic carbocycles. The number of nitrogens with two attached hydrogens (primary N) is 1. The third kappa shape index (κ3) is 5.47. The minimum absolute atomic E-state index is 0.00468. The molecule has 2 fully saturated rings. The van der Waals surface area contributed by atoms with Gasteiger partial charge >= 0.3 is 0 Å². The number of morpholine rings is 1. The number of rotatable bonds is 7. The highest BCUT2D eigenvalue weighted by Crippen LogP contribution is 2.25. The van der Waals surface area contributed by atoms with Crippen molar-refractivity contribution in [3.8, 4) is 0 Å². The van der Waals surface area contributed by atoms with Crippen LogP contribution in [0.5, 0.6) is 0 Å². The number of carbonyl (C=O) groups is 3. The standard InChI is InChI=1S/C24H26FN5O5/c25-16-11-15(23(33)29-6-1-7-29)12-18(13-16)30-8-9-35-21(24(30)34)20(31)22(32)28-17-4-2-14(3-5-17)10-19(26)27/h2-5,11-13,20-21,31H,1,6-10H2,(H3,26,27)(H,28,32). The fourth-order valence-electron chi connectivity index (χ4n) is 3.92. The number of benzene rings is 2. The number of anilines is 2. The predicted molar refractivity (Wildman–Crippen MR) is 126 cm³/mol. The zero-order valence-electron chi connectivity index (χ0n) is 18.9. The number of hydrogen-bond acceptors (Lipinski definition) is 6. The highest BCUT2D eigenvalue weighted by atomic mass is 19.1. The molecule has 2 heterocycles. The molecular weight excluding hydrogens is 457 g/mol. The predicted octanol–water partition coefficient (Wildman–Crippen LogP) is 0.881. The van der Waals surface area contributed by atoms with Crippen LogP contribution in [0.25, 0.3) is 0 Å². The van der Waals surface area contributed by atoms with Crippen LogP contribution in [0.3, 0.4) is 0 Å². The minimum Gasteiger partial charge on any atom is -0.387 e. The molecule has 0 bridgehead atoms. The number of aliphatic hydroxyl groups excluding tert-OH is 1. The van der Waals surface area contributed by atoms with Gasteiger partial charge in [0.05, 0.1) is 12.4 Å². The molecule has 35 heavy (non-hydrogen) atoms. The van der Waals surface area contributed by atoms with Gasteiger partial charge in [-0.2, -0.15) is 0 Å². The van der Waals surface area contributed by atoms with Crippen molar-refractivity contribution in [3.05, 3.63) is 59.4 Å². The van der Waals surface area contributed by atoms with Crippen LogP contribution >= 0.6 is 0 Å². The van der Waals surface area contributed by atoms with Crippen LogP contribution in [0.2, 0.25) is 0 Å². The van der Waals surface area contributed by atoms with Gasteiger partial charge in [0.25, 0.3) is 17.7 Å². The van der Waals surface area contributed by atoms with Gasteiger partial charge in [-0.15, -0.1) is 0 Å². The van der Waals surface area contributed by atoms with Crippen LogP contribution in [0.1, 0.15) is 22.3 Å². The van der Waals surface area contributed by atoms with E-state index in [0.717, 1.165) is 24.1 Å². The first-order valence-electron chi connectivity index (χ1n) is 11.2. The van der Waals surface area contributed by atoms with E-state index in [1.807, 2.05) is 0 Å². The summed E-state index contributed by atoms with van der Waals surface area (Å²) in [5.41, 5.74) is 6.81. The zero-order valence-corrected chi connectivity index (χ0v) is 18.9. The Kier molecular flexibility index (Phi) is 7.08. The fourth-order valence-corrected chi connectivity index (χ4v) is 3.92. The number of nitrogens with zero attached hydrogens (tertiary/aromatic N) is 2. The second kappa shape index (κ2) is 10.2. The van der Waals surface area contributed by atoms with Crippen LogP contribution in [0.15, 0.2) is 42.5 Å². The van der Waals surface area contributed by atoms with Crippen molar-refractivity contribution in [2.75, 3.05) is 36.5 Å². The topological polar surface area (TPSA) is 149 Å². The van der Waals surface area contributed by atoms with Gasteiger partial charge in [-0.3, -0.25) is 19.8 Å². The van der Waals surface area contributed by atoms with Crippen molar-refractivity contribution in [2.24, 2.45) is 5.73 Å². The second-order valence-electron chi connectivity index (χ2n) is 8.46. The second-order valence-corrected chi connectivity index (χ2v) is 8.46. The lowest BCUT2D eigenvalue weighted by atomic mass is 10.1. The van der Waals surface area contributed by atoms with Crippen molar-refractivity contribution in [3.63, 3.8) is 0 Å². The highest BCUT2D eigenvalue weighted by Gasteiger charge is 2.39. The van der Waals surface area contributed by atoms with Crippen molar-refractivity contribution in [2.45, 2.75) is 25.0 Å². The van der Waals surface area contributed by atoms with Crippen LogP contribution in [0, 0.1) is 11.2 Å². The summed E-state index contributed by atoms with van der Waals surface area (Å²) in [6.45, 7) is 1.28. The van der Waals surface area contributed by atoms with Crippen LogP contribution < -0.4 is 16.0 Å². The molecule has 2 aromatic carbocycles. The van der Waals surface area contributed by atoms with Gasteiger partial charge in [0.2, 0.25) is 0 Å². The maximum atomic E-state index is 14.3. The number of hydrogen-bond donors (Lipinski definition) is 4. The molecule has 2 atom stereocenters. The van der Waals surface area contributed by atoms with E-state index in [1.165, 1.54) is 11.0 Å². The third-order valence-electron chi connectivity index (χ3n) is 5.88. The van der Waals surface area contributed by atoms with E-state index < -0.39 is 29.8 Å². The van der Waals surface area contributed by atoms with Gasteiger partial charge < -0.3 is 30.7 Å². The molecule has 2 saturated heterocycles. The minimum atomic E-state index is -1.82. The van der Waals surface area contributed by atoms with Crippen LogP contribution in [-0.4, -0.2) is 72.0 Å². The number of aliphatic hydroxyl groups is 1. The van der Waals surface area contributed by atoms with Gasteiger partial charge in [-0.05, 0) is 42.3 Å². The van der Waals surface area contributed by atoms with Crippen molar-refractivity contribution in [1.29, 1.82) is 5.41 Å². The number of likely N-dealkylation sites (tertiary alicyclic amines) is 1. The molecule has 5 N–H and O–H groups in total. The van der Waals surface area contributed by atoms with E-state index in [2.05, 4.69) is 5.32 Å². The van der Waals surface area contributed by atoms with E-state index in [4.69, 9.17) is 15.9 Å². The Hall–Kier alpha value is -3.83. The van der Waals surface area contributed by atoms with E-state index in [9.17, 15) is 23.9 Å². The molecule has 0 radical (unpaired) electrons. The Morgan fingerprint density at radius 2 is 1.91 bits per heavy atom. The Bertz CT molecular complexity index is 1150. The molecule has 2 aliphatic heterocycles. The normalized spacial score (nSPS) is 18.6. The number of halogens is 1. The van der Waals surface area contributed by atoms with E-state index in [0.29, 0.717) is 18.8 Å². The Morgan fingerprint density at radius 1 is 1.20 bits per heavy atom. The van der Waals surface area contributed by atoms with E-state index in [-0.39, 0.29) is 42.6 Å². The molecule has 0 spiro atoms. The lowest BCUT2D eigenvalue weighted by Gasteiger charge is -2.35. The Balaban J connectivity index is 1.45. The summed E-state index contributed by atoms with van der Waals surface area (Å²) in [7, 11) is 0. The Morgan fingerprint density at radius 3 is 2.54 bits per heavy atom. The third-order valence-corrected chi connectivity index (χ3v) is 5.88. The SMILES string of the molecule is N=C(N)Cc1ccc(NC(=O)C(O)C2OCCN(c3cc(F)cc(C(=O)N4CCC4)c3)C2=O)cc1. The molecule has 3 amide bonds. The van der Waals surface area contributed by atoms with Crippen molar-refractivity contribution >= 4 is 34.9 Å². The average molecular weight is 484 g/mol. The molecule has 0 saturated carbocycles. The summed E-state index contributed by atoms with van der Waals surface area (Å²) in [6, 6.07) is 10.2. The molecular formula is C24H26FN5O5. The Labute approximate surface area is 201 Å². The van der Waals surface area contributed by atoms with E-state index in [1.54, 1.807) is 29.2 Å². The summed E-state index contributed by atoms with van der Waals surface area (Å²) in [4.78, 5) is 41.0. The number of ether oxygens (including phenoxy) is 1. The first kappa shape index (κ1) is 24.3. The lowest BCUT2D eigenvalue weighted by Crippen LogP contribution is -2.55. The van der Waals surface area contributed by atoms with Gasteiger partial charge in [0.1, 0.15) is 5.82 Å². The molecule has 2 aliphatic rings. The number of amides is 3. The first-order chi connectivity index (χ1) is 16.7. The largest absolute Gasteiger partial charge is 0.387 e. The van der Waals surface area contributed by atoms with Crippen LogP contribution in [0.4, 0.5) is 15.8 Å². The van der Waals surface area contributed by atoms with Gasteiger partial charge in [-0.25, -0.2) is 4.39 Å². The van der Waals surface area contributed by atoms with Gasteiger partial charge in [-0.1, -0.05) is 12.1 Å².